The SMILES string of the molecule is CN(C)CCCOC(=O)c1ccc(-c2c3nc(c(-c4ccc(C(=O)OCCCN(C)C)cc4)c4ccc([nH]4)c(-c4ccc(C(=O)OCCCN(C)C)cc4)c4nc(c(-c5ccc(C(=O)OCCCN(C)C)cc5)c5ccc2[nH]5)C=C4)C=C3)cc1. The highest BCUT2D eigenvalue weighted by molar-refractivity contribution is 6.01. The number of H-pyrrole nitrogens is 2. The van der Waals surface area contributed by atoms with Crippen molar-refractivity contribution in [2.45, 2.75) is 25.7 Å². The second-order valence-corrected chi connectivity index (χ2v) is 22.0. The van der Waals surface area contributed by atoms with Gasteiger partial charge in [0.2, 0.25) is 0 Å². The van der Waals surface area contributed by atoms with Gasteiger partial charge in [-0.1, -0.05) is 48.5 Å². The highest BCUT2D eigenvalue weighted by Crippen LogP contribution is 2.39. The first-order valence-electron chi connectivity index (χ1n) is 28.5. The van der Waals surface area contributed by atoms with E-state index in [2.05, 4.69) is 29.6 Å². The number of nitrogens with zero attached hydrogens (tertiary/aromatic N) is 6. The lowest BCUT2D eigenvalue weighted by Crippen LogP contribution is -2.16. The number of rotatable bonds is 24. The molecular weight excluding hydrogens is 1060 g/mol. The summed E-state index contributed by atoms with van der Waals surface area (Å²) in [5, 5.41) is 0. The first-order valence-corrected chi connectivity index (χ1v) is 28.5. The average molecular weight is 1130 g/mol. The van der Waals surface area contributed by atoms with Crippen molar-refractivity contribution >= 4 is 70.2 Å². The van der Waals surface area contributed by atoms with E-state index in [1.54, 1.807) is 48.5 Å². The Morgan fingerprint density at radius 2 is 0.524 bits per heavy atom. The molecule has 0 saturated carbocycles. The molecule has 0 saturated heterocycles. The van der Waals surface area contributed by atoms with E-state index in [1.807, 2.05) is 153 Å². The maximum absolute atomic E-state index is 13.3. The summed E-state index contributed by atoms with van der Waals surface area (Å²) in [5.74, 6) is -1.61. The smallest absolute Gasteiger partial charge is 0.338 e. The van der Waals surface area contributed by atoms with Crippen LogP contribution in [-0.4, -0.2) is 172 Å². The first kappa shape index (κ1) is 59.8. The van der Waals surface area contributed by atoms with Gasteiger partial charge in [-0.3, -0.25) is 0 Å². The fraction of sp³-hybridized carbons (Fsp3) is 0.294. The second-order valence-electron chi connectivity index (χ2n) is 22.0. The Labute approximate surface area is 491 Å². The zero-order valence-electron chi connectivity index (χ0n) is 49.3. The number of ether oxygens (including phenoxy) is 4. The summed E-state index contributed by atoms with van der Waals surface area (Å²) in [7, 11) is 15.9. The summed E-state index contributed by atoms with van der Waals surface area (Å²) in [4.78, 5) is 79.8. The lowest BCUT2D eigenvalue weighted by atomic mass is 10.0. The number of carbonyl (C=O) groups is 4. The zero-order chi connectivity index (χ0) is 59.3. The van der Waals surface area contributed by atoms with Gasteiger partial charge in [0.05, 0.1) is 71.5 Å². The molecule has 2 aliphatic heterocycles. The minimum absolute atomic E-state index is 0.303. The van der Waals surface area contributed by atoms with Gasteiger partial charge in [0.25, 0.3) is 0 Å². The van der Waals surface area contributed by atoms with E-state index in [0.29, 0.717) is 97.1 Å². The summed E-state index contributed by atoms with van der Waals surface area (Å²) in [6.45, 7) is 4.40. The predicted molar refractivity (Wildman–Crippen MR) is 334 cm³/mol. The van der Waals surface area contributed by atoms with E-state index in [1.165, 1.54) is 0 Å². The monoisotopic (exact) mass is 1130 g/mol. The molecule has 0 radical (unpaired) electrons. The van der Waals surface area contributed by atoms with Gasteiger partial charge in [-0.25, -0.2) is 29.1 Å². The van der Waals surface area contributed by atoms with Gasteiger partial charge in [0.1, 0.15) is 0 Å². The maximum Gasteiger partial charge on any atom is 0.338 e. The Morgan fingerprint density at radius 1 is 0.321 bits per heavy atom. The summed E-state index contributed by atoms with van der Waals surface area (Å²) < 4.78 is 22.6. The molecule has 0 amide bonds. The second kappa shape index (κ2) is 28.0. The van der Waals surface area contributed by atoms with Crippen molar-refractivity contribution in [2.24, 2.45) is 0 Å². The number of hydrogen-bond acceptors (Lipinski definition) is 14. The van der Waals surface area contributed by atoms with Crippen LogP contribution >= 0.6 is 0 Å². The lowest BCUT2D eigenvalue weighted by molar-refractivity contribution is 0.0484. The summed E-state index contributed by atoms with van der Waals surface area (Å²) in [5.41, 5.74) is 13.5. The molecule has 4 aromatic carbocycles. The normalized spacial score (nSPS) is 12.0. The molecule has 84 heavy (non-hydrogen) atoms. The van der Waals surface area contributed by atoms with Crippen LogP contribution in [-0.2, 0) is 18.9 Å². The quantitative estimate of drug-likeness (QED) is 0.0332. The molecule has 8 bridgehead atoms. The summed E-state index contributed by atoms with van der Waals surface area (Å²) >= 11 is 0. The average Bonchev–Trinajstić information content (AvgIpc) is 4.47. The van der Waals surface area contributed by atoms with Gasteiger partial charge in [0, 0.05) is 70.5 Å². The Morgan fingerprint density at radius 3 is 0.714 bits per heavy atom. The highest BCUT2D eigenvalue weighted by Gasteiger charge is 2.21. The molecule has 3 aromatic heterocycles. The molecule has 0 atom stereocenters. The number of benzene rings is 4. The fourth-order valence-electron chi connectivity index (χ4n) is 10.0. The maximum atomic E-state index is 13.3. The Hall–Kier alpha value is -8.80. The Bertz CT molecular complexity index is 3230. The summed E-state index contributed by atoms with van der Waals surface area (Å²) in [6.07, 6.45) is 10.8. The largest absolute Gasteiger partial charge is 0.462 e. The number of carbonyl (C=O) groups excluding carboxylic acids is 4. The number of aromatic amines is 2. The van der Waals surface area contributed by atoms with Gasteiger partial charge in [-0.15, -0.1) is 0 Å². The molecule has 2 N–H and O–H groups in total. The number of fused-ring (bicyclic) bond motifs is 8. The van der Waals surface area contributed by atoms with Crippen molar-refractivity contribution < 1.29 is 38.1 Å². The molecular formula is C68H74N8O8. The molecule has 5 heterocycles. The molecule has 9 rings (SSSR count). The van der Waals surface area contributed by atoms with Gasteiger partial charge in [-0.2, -0.15) is 0 Å². The molecule has 0 aliphatic carbocycles. The third kappa shape index (κ3) is 15.1. The van der Waals surface area contributed by atoms with Gasteiger partial charge in [-0.05, 0) is 201 Å². The topological polar surface area (TPSA) is 176 Å². The molecule has 7 aromatic rings. The van der Waals surface area contributed by atoms with Crippen molar-refractivity contribution in [3.63, 3.8) is 0 Å². The van der Waals surface area contributed by atoms with Gasteiger partial charge >= 0.3 is 23.9 Å². The minimum Gasteiger partial charge on any atom is -0.462 e. The first-order chi connectivity index (χ1) is 40.6. The molecule has 2 aliphatic rings. The van der Waals surface area contributed by atoms with E-state index in [4.69, 9.17) is 28.9 Å². The fourth-order valence-corrected chi connectivity index (χ4v) is 10.0. The van der Waals surface area contributed by atoms with E-state index in [0.717, 1.165) is 92.8 Å². The van der Waals surface area contributed by atoms with Crippen LogP contribution in [0.5, 0.6) is 0 Å². The van der Waals surface area contributed by atoms with Crippen molar-refractivity contribution in [1.29, 1.82) is 0 Å². The van der Waals surface area contributed by atoms with E-state index in [9.17, 15) is 19.2 Å². The van der Waals surface area contributed by atoms with Crippen LogP contribution in [0, 0.1) is 0 Å². The number of aromatic nitrogens is 4. The van der Waals surface area contributed by atoms with Crippen LogP contribution in [0.1, 0.15) is 89.9 Å². The number of hydrogen-bond donors (Lipinski definition) is 2. The van der Waals surface area contributed by atoms with Crippen LogP contribution in [0.3, 0.4) is 0 Å². The minimum atomic E-state index is -0.402. The third-order valence-electron chi connectivity index (χ3n) is 14.3. The number of nitrogens with one attached hydrogen (secondary N) is 2. The predicted octanol–water partition coefficient (Wildman–Crippen LogP) is 11.8. The van der Waals surface area contributed by atoms with Crippen LogP contribution in [0.2, 0.25) is 0 Å². The van der Waals surface area contributed by atoms with Gasteiger partial charge in [0.15, 0.2) is 0 Å². The molecule has 0 spiro atoms. The standard InChI is InChI=1S/C68H74N8O8/c1-73(2)37-9-41-81-65(77)49-21-13-45(14-22-49)61-53-29-31-55(69-53)62(46-15-23-50(24-16-46)66(78)82-42-10-38-74(3)4)57-33-35-59(71-57)64(48-19-27-52(28-20-48)68(80)84-44-12-40-76(7)8)60-36-34-58(72-60)63(56-32-30-54(61)70-56)47-17-25-51(26-18-47)67(79)83-43-11-39-75(5)6/h13-36,69,72H,9-12,37-44H2,1-8H3. The van der Waals surface area contributed by atoms with E-state index >= 15 is 0 Å². The summed E-state index contributed by atoms with van der Waals surface area (Å²) in [6, 6.07) is 37.5. The third-order valence-corrected chi connectivity index (χ3v) is 14.3. The molecule has 0 unspecified atom stereocenters. The zero-order valence-corrected chi connectivity index (χ0v) is 49.3. The number of esters is 4. The van der Waals surface area contributed by atoms with Gasteiger partial charge < -0.3 is 48.5 Å². The van der Waals surface area contributed by atoms with Crippen LogP contribution in [0.4, 0.5) is 0 Å². The van der Waals surface area contributed by atoms with Crippen LogP contribution in [0.25, 0.3) is 90.9 Å². The van der Waals surface area contributed by atoms with Crippen molar-refractivity contribution in [2.75, 3.05) is 109 Å². The molecule has 16 heteroatoms. The molecule has 0 fully saturated rings. The van der Waals surface area contributed by atoms with Crippen LogP contribution in [0.15, 0.2) is 121 Å². The van der Waals surface area contributed by atoms with Crippen LogP contribution < -0.4 is 0 Å². The van der Waals surface area contributed by atoms with Crippen molar-refractivity contribution in [3.8, 4) is 44.5 Å². The highest BCUT2D eigenvalue weighted by atomic mass is 16.5. The van der Waals surface area contributed by atoms with E-state index < -0.39 is 23.9 Å². The van der Waals surface area contributed by atoms with Crippen molar-refractivity contribution in [3.05, 3.63) is 166 Å². The molecule has 434 valence electrons. The van der Waals surface area contributed by atoms with E-state index in [-0.39, 0.29) is 0 Å². The van der Waals surface area contributed by atoms with Crippen molar-refractivity contribution in [1.82, 2.24) is 39.5 Å². The Kier molecular flexibility index (Phi) is 19.9. The Balaban J connectivity index is 1.24. The molecule has 16 nitrogen and oxygen atoms in total. The lowest BCUT2D eigenvalue weighted by Gasteiger charge is -2.10.